The molecule has 0 radical (unpaired) electrons. The first-order valence-corrected chi connectivity index (χ1v) is 4.96. The van der Waals surface area contributed by atoms with E-state index in [1.165, 1.54) is 0 Å². The summed E-state index contributed by atoms with van der Waals surface area (Å²) in [6.07, 6.45) is 2.54. The van der Waals surface area contributed by atoms with E-state index in [2.05, 4.69) is 0 Å². The minimum atomic E-state index is -0.960. The Balaban J connectivity index is 3.16. The lowest BCUT2D eigenvalue weighted by atomic mass is 9.97. The Labute approximate surface area is 89.0 Å². The topological polar surface area (TPSA) is 61.1 Å². The molecule has 1 aromatic carbocycles. The Kier molecular flexibility index (Phi) is 3.87. The second-order valence-electron chi connectivity index (χ2n) is 3.35. The third-order valence-electron chi connectivity index (χ3n) is 2.31. The number of aromatic carboxylic acids is 1. The van der Waals surface area contributed by atoms with E-state index >= 15 is 0 Å². The van der Waals surface area contributed by atoms with Crippen LogP contribution in [0.4, 0.5) is 0 Å². The lowest BCUT2D eigenvalue weighted by molar-refractivity contribution is 0.0695. The van der Waals surface area contributed by atoms with Gasteiger partial charge in [-0.1, -0.05) is 19.4 Å². The third kappa shape index (κ3) is 2.57. The fraction of sp³-hybridized carbons (Fsp3) is 0.333. The first-order valence-electron chi connectivity index (χ1n) is 4.96. The quantitative estimate of drug-likeness (QED) is 0.818. The van der Waals surface area contributed by atoms with Crippen LogP contribution in [0.3, 0.4) is 0 Å². The average molecular weight is 203 g/mol. The molecule has 0 saturated heterocycles. The Morgan fingerprint density at radius 1 is 1.53 bits per heavy atom. The largest absolute Gasteiger partial charge is 0.478 e. The van der Waals surface area contributed by atoms with E-state index in [0.29, 0.717) is 17.5 Å². The van der Waals surface area contributed by atoms with Gasteiger partial charge in [-0.15, -0.1) is 0 Å². The molecule has 3 heteroatoms. The number of carbonyl (C=O) groups is 1. The molecular formula is C12H13NO2. The number of benzene rings is 1. The Hall–Kier alpha value is -1.82. The fourth-order valence-electron chi connectivity index (χ4n) is 1.51. The number of nitrogens with zero attached hydrogens (tertiary/aromatic N) is 1. The van der Waals surface area contributed by atoms with Crippen LogP contribution >= 0.6 is 0 Å². The summed E-state index contributed by atoms with van der Waals surface area (Å²) in [6.45, 7) is 2.04. The van der Waals surface area contributed by atoms with Gasteiger partial charge >= 0.3 is 5.97 Å². The normalized spacial score (nSPS) is 9.60. The molecule has 78 valence electrons. The first kappa shape index (κ1) is 11.3. The molecule has 0 aromatic heterocycles. The first-order chi connectivity index (χ1) is 7.20. The van der Waals surface area contributed by atoms with Crippen LogP contribution in [-0.2, 0) is 6.42 Å². The standard InChI is InChI=1S/C12H13NO2/c1-2-3-6-10-9(8-13)5-4-7-11(10)12(14)15/h4-5,7H,2-3,6H2,1H3,(H,14,15). The Morgan fingerprint density at radius 3 is 2.80 bits per heavy atom. The van der Waals surface area contributed by atoms with Gasteiger partial charge < -0.3 is 5.11 Å². The van der Waals surface area contributed by atoms with Crippen LogP contribution in [0.1, 0.15) is 41.3 Å². The molecule has 0 aliphatic rings. The van der Waals surface area contributed by atoms with E-state index in [1.54, 1.807) is 18.2 Å². The zero-order valence-corrected chi connectivity index (χ0v) is 8.66. The molecule has 1 N–H and O–H groups in total. The van der Waals surface area contributed by atoms with E-state index in [4.69, 9.17) is 10.4 Å². The third-order valence-corrected chi connectivity index (χ3v) is 2.31. The molecule has 0 aliphatic heterocycles. The molecular weight excluding hydrogens is 190 g/mol. The Morgan fingerprint density at radius 2 is 2.27 bits per heavy atom. The summed E-state index contributed by atoms with van der Waals surface area (Å²) in [5, 5.41) is 17.9. The van der Waals surface area contributed by atoms with Crippen LogP contribution in [0.5, 0.6) is 0 Å². The van der Waals surface area contributed by atoms with Crippen molar-refractivity contribution in [2.24, 2.45) is 0 Å². The van der Waals surface area contributed by atoms with Crippen molar-refractivity contribution in [3.8, 4) is 6.07 Å². The van der Waals surface area contributed by atoms with E-state index in [0.717, 1.165) is 12.8 Å². The molecule has 1 rings (SSSR count). The lowest BCUT2D eigenvalue weighted by Gasteiger charge is -2.06. The summed E-state index contributed by atoms with van der Waals surface area (Å²) >= 11 is 0. The highest BCUT2D eigenvalue weighted by Gasteiger charge is 2.12. The number of hydrogen-bond donors (Lipinski definition) is 1. The number of unbranched alkanes of at least 4 members (excludes halogenated alkanes) is 1. The molecule has 1 aromatic rings. The molecule has 0 aliphatic carbocycles. The van der Waals surface area contributed by atoms with Gasteiger partial charge in [-0.05, 0) is 30.5 Å². The number of nitriles is 1. The van der Waals surface area contributed by atoms with Gasteiger partial charge in [-0.2, -0.15) is 5.26 Å². The monoisotopic (exact) mass is 203 g/mol. The predicted molar refractivity (Wildman–Crippen MR) is 56.7 cm³/mol. The van der Waals surface area contributed by atoms with Gasteiger partial charge in [0.05, 0.1) is 17.2 Å². The van der Waals surface area contributed by atoms with E-state index in [-0.39, 0.29) is 5.56 Å². The summed E-state index contributed by atoms with van der Waals surface area (Å²) in [5.41, 5.74) is 1.39. The van der Waals surface area contributed by atoms with Crippen molar-refractivity contribution in [3.05, 3.63) is 34.9 Å². The highest BCUT2D eigenvalue weighted by molar-refractivity contribution is 5.90. The van der Waals surface area contributed by atoms with Crippen LogP contribution in [0, 0.1) is 11.3 Å². The van der Waals surface area contributed by atoms with Crippen LogP contribution in [0.15, 0.2) is 18.2 Å². The molecule has 0 amide bonds. The molecule has 0 heterocycles. The van der Waals surface area contributed by atoms with Crippen LogP contribution in [-0.4, -0.2) is 11.1 Å². The SMILES string of the molecule is CCCCc1c(C#N)cccc1C(=O)O. The highest BCUT2D eigenvalue weighted by atomic mass is 16.4. The van der Waals surface area contributed by atoms with Crippen LogP contribution in [0.2, 0.25) is 0 Å². The zero-order chi connectivity index (χ0) is 11.3. The summed E-state index contributed by atoms with van der Waals surface area (Å²) < 4.78 is 0. The summed E-state index contributed by atoms with van der Waals surface area (Å²) in [5.74, 6) is -0.960. The molecule has 0 bridgehead atoms. The smallest absolute Gasteiger partial charge is 0.336 e. The lowest BCUT2D eigenvalue weighted by Crippen LogP contribution is -2.04. The van der Waals surface area contributed by atoms with Crippen LogP contribution < -0.4 is 0 Å². The molecule has 0 atom stereocenters. The highest BCUT2D eigenvalue weighted by Crippen LogP contribution is 2.17. The number of carboxylic acids is 1. The van der Waals surface area contributed by atoms with E-state index in [1.807, 2.05) is 13.0 Å². The van der Waals surface area contributed by atoms with Gasteiger partial charge in [0.1, 0.15) is 0 Å². The maximum Gasteiger partial charge on any atom is 0.336 e. The minimum absolute atomic E-state index is 0.252. The average Bonchev–Trinajstić information content (AvgIpc) is 2.25. The van der Waals surface area contributed by atoms with Gasteiger partial charge in [-0.3, -0.25) is 0 Å². The Bertz CT molecular complexity index is 405. The molecule has 0 saturated carbocycles. The minimum Gasteiger partial charge on any atom is -0.478 e. The van der Waals surface area contributed by atoms with Gasteiger partial charge in [0.2, 0.25) is 0 Å². The van der Waals surface area contributed by atoms with Gasteiger partial charge in [0.15, 0.2) is 0 Å². The van der Waals surface area contributed by atoms with Crippen molar-refractivity contribution in [2.75, 3.05) is 0 Å². The van der Waals surface area contributed by atoms with Gasteiger partial charge in [0, 0.05) is 0 Å². The molecule has 0 unspecified atom stereocenters. The number of carboxylic acid groups (broad SMARTS) is 1. The van der Waals surface area contributed by atoms with Crippen molar-refractivity contribution in [3.63, 3.8) is 0 Å². The van der Waals surface area contributed by atoms with E-state index in [9.17, 15) is 4.79 Å². The van der Waals surface area contributed by atoms with E-state index < -0.39 is 5.97 Å². The second kappa shape index (κ2) is 5.16. The summed E-state index contributed by atoms with van der Waals surface area (Å²) in [7, 11) is 0. The van der Waals surface area contributed by atoms with Crippen molar-refractivity contribution < 1.29 is 9.90 Å². The zero-order valence-electron chi connectivity index (χ0n) is 8.66. The van der Waals surface area contributed by atoms with Crippen molar-refractivity contribution in [2.45, 2.75) is 26.2 Å². The van der Waals surface area contributed by atoms with Crippen LogP contribution in [0.25, 0.3) is 0 Å². The maximum absolute atomic E-state index is 10.9. The van der Waals surface area contributed by atoms with Gasteiger partial charge in [0.25, 0.3) is 0 Å². The van der Waals surface area contributed by atoms with Crippen molar-refractivity contribution in [1.82, 2.24) is 0 Å². The second-order valence-corrected chi connectivity index (χ2v) is 3.35. The molecule has 0 fully saturated rings. The summed E-state index contributed by atoms with van der Waals surface area (Å²) in [4.78, 5) is 10.9. The molecule has 0 spiro atoms. The number of hydrogen-bond acceptors (Lipinski definition) is 2. The molecule has 3 nitrogen and oxygen atoms in total. The summed E-state index contributed by atoms with van der Waals surface area (Å²) in [6, 6.07) is 6.86. The van der Waals surface area contributed by atoms with Crippen molar-refractivity contribution in [1.29, 1.82) is 5.26 Å². The molecule has 15 heavy (non-hydrogen) atoms. The predicted octanol–water partition coefficient (Wildman–Crippen LogP) is 2.60. The van der Waals surface area contributed by atoms with Gasteiger partial charge in [-0.25, -0.2) is 4.79 Å². The van der Waals surface area contributed by atoms with Crippen molar-refractivity contribution >= 4 is 5.97 Å². The number of rotatable bonds is 4. The fourth-order valence-corrected chi connectivity index (χ4v) is 1.51. The maximum atomic E-state index is 10.9.